The molecule has 0 fully saturated rings. The quantitative estimate of drug-likeness (QED) is 0.260. The molecule has 0 aliphatic carbocycles. The maximum absolute atomic E-state index is 13.0. The number of fused-ring (bicyclic) bond motifs is 1. The molecule has 13 heteroatoms. The van der Waals surface area contributed by atoms with Gasteiger partial charge in [0.1, 0.15) is 9.71 Å². The molecule has 11 nitrogen and oxygen atoms in total. The molecule has 0 radical (unpaired) electrons. The second-order valence-corrected chi connectivity index (χ2v) is 13.4. The SMILES string of the molecule is CC(C)(C)[O-].CCN(CCOC)CC(=O)Nc1cccc(-c2nc(OC(C)C)nc3sc(C(=O)NC(C)(C)C)c(N)c23)c1.[K+]. The number of methoxy groups -OCH3 is 1. The van der Waals surface area contributed by atoms with Crippen LogP contribution in [0.2, 0.25) is 0 Å². The van der Waals surface area contributed by atoms with E-state index >= 15 is 0 Å². The second kappa shape index (κ2) is 17.9. The van der Waals surface area contributed by atoms with Crippen LogP contribution in [0.3, 0.4) is 0 Å². The van der Waals surface area contributed by atoms with Crippen molar-refractivity contribution in [3.8, 4) is 17.3 Å². The standard InChI is InChI=1S/C27H38N6O4S.C4H9O.K/c1-8-33(12-13-36-7)15-19(34)29-18-11-9-10-17(14-18)22-20-21(28)23(24(35)32-27(4,5)6)38-25(20)31-26(30-22)37-16(2)3;1-4(2,3)5;/h9-11,14,16H,8,12-13,15,28H2,1-7H3,(H,29,34)(H,32,35);1-3H3;/q;-1;+1. The van der Waals surface area contributed by atoms with Crippen LogP contribution in [0.15, 0.2) is 24.3 Å². The number of aromatic nitrogens is 2. The van der Waals surface area contributed by atoms with Crippen molar-refractivity contribution in [3.63, 3.8) is 0 Å². The third-order valence-corrected chi connectivity index (χ3v) is 6.55. The molecule has 44 heavy (non-hydrogen) atoms. The number of anilines is 2. The molecule has 4 N–H and O–H groups in total. The Hall–Kier alpha value is -1.68. The summed E-state index contributed by atoms with van der Waals surface area (Å²) in [5, 5.41) is 16.6. The van der Waals surface area contributed by atoms with Crippen molar-refractivity contribution in [1.82, 2.24) is 20.2 Å². The Kier molecular flexibility index (Phi) is 16.4. The molecule has 3 rings (SSSR count). The maximum atomic E-state index is 13.0. The third kappa shape index (κ3) is 13.8. The van der Waals surface area contributed by atoms with Crippen molar-refractivity contribution in [2.24, 2.45) is 0 Å². The van der Waals surface area contributed by atoms with Gasteiger partial charge in [0, 0.05) is 30.4 Å². The number of nitrogens with one attached hydrogen (secondary N) is 2. The van der Waals surface area contributed by atoms with Crippen LogP contribution in [0.4, 0.5) is 11.4 Å². The van der Waals surface area contributed by atoms with Crippen LogP contribution in [0.5, 0.6) is 6.01 Å². The van der Waals surface area contributed by atoms with E-state index in [1.807, 2.05) is 70.7 Å². The number of carbonyl (C=O) groups excluding carboxylic acids is 2. The van der Waals surface area contributed by atoms with E-state index in [1.165, 1.54) is 11.3 Å². The van der Waals surface area contributed by atoms with Gasteiger partial charge in [0.25, 0.3) is 5.91 Å². The number of nitrogens with zero attached hydrogens (tertiary/aromatic N) is 3. The molecule has 0 unspecified atom stereocenters. The Balaban J connectivity index is 0.00000149. The van der Waals surface area contributed by atoms with Gasteiger partial charge in [-0.25, -0.2) is 0 Å². The zero-order valence-electron chi connectivity index (χ0n) is 28.1. The van der Waals surface area contributed by atoms with Gasteiger partial charge in [-0.1, -0.05) is 39.8 Å². The van der Waals surface area contributed by atoms with E-state index in [2.05, 4.69) is 20.6 Å². The minimum absolute atomic E-state index is 0. The number of hydrogen-bond donors (Lipinski definition) is 3. The number of thiophene rings is 1. The zero-order valence-corrected chi connectivity index (χ0v) is 32.0. The largest absolute Gasteiger partial charge is 1.00 e. The number of amides is 2. The summed E-state index contributed by atoms with van der Waals surface area (Å²) in [5.41, 5.74) is 7.51. The summed E-state index contributed by atoms with van der Waals surface area (Å²) >= 11 is 1.20. The van der Waals surface area contributed by atoms with Gasteiger partial charge < -0.3 is 30.9 Å². The van der Waals surface area contributed by atoms with Crippen molar-refractivity contribution >= 4 is 44.7 Å². The first-order valence-corrected chi connectivity index (χ1v) is 15.1. The van der Waals surface area contributed by atoms with E-state index in [0.29, 0.717) is 50.9 Å². The summed E-state index contributed by atoms with van der Waals surface area (Å²) in [7, 11) is 1.64. The van der Waals surface area contributed by atoms with Crippen molar-refractivity contribution in [2.75, 3.05) is 44.4 Å². The van der Waals surface area contributed by atoms with Crippen LogP contribution in [0.1, 0.15) is 72.0 Å². The minimum atomic E-state index is -0.750. The molecule has 2 aromatic heterocycles. The molecule has 0 aliphatic heterocycles. The fourth-order valence-corrected chi connectivity index (χ4v) is 4.74. The molecule has 2 heterocycles. The van der Waals surface area contributed by atoms with Gasteiger partial charge in [0.15, 0.2) is 0 Å². The number of nitrogen functional groups attached to an aromatic ring is 1. The van der Waals surface area contributed by atoms with Gasteiger partial charge in [-0.15, -0.1) is 16.9 Å². The predicted octanol–water partition coefficient (Wildman–Crippen LogP) is 1.31. The van der Waals surface area contributed by atoms with Crippen LogP contribution < -0.4 is 77.6 Å². The summed E-state index contributed by atoms with van der Waals surface area (Å²) in [6, 6.07) is 7.55. The van der Waals surface area contributed by atoms with Gasteiger partial charge >= 0.3 is 57.4 Å². The maximum Gasteiger partial charge on any atom is 1.00 e. The topological polar surface area (TPSA) is 155 Å². The van der Waals surface area contributed by atoms with Crippen LogP contribution in [-0.4, -0.2) is 77.3 Å². The van der Waals surface area contributed by atoms with E-state index < -0.39 is 11.1 Å². The second-order valence-electron chi connectivity index (χ2n) is 12.4. The number of likely N-dealkylation sites (N-methyl/N-ethyl adjacent to an activating group) is 1. The average molecular weight is 655 g/mol. The predicted molar refractivity (Wildman–Crippen MR) is 173 cm³/mol. The first-order chi connectivity index (χ1) is 19.9. The van der Waals surface area contributed by atoms with Gasteiger partial charge in [-0.05, 0) is 53.3 Å². The van der Waals surface area contributed by atoms with Crippen molar-refractivity contribution < 1.29 is 75.6 Å². The van der Waals surface area contributed by atoms with Crippen molar-refractivity contribution in [1.29, 1.82) is 0 Å². The fraction of sp³-hybridized carbons (Fsp3) is 0.548. The van der Waals surface area contributed by atoms with Crippen LogP contribution >= 0.6 is 11.3 Å². The Morgan fingerprint density at radius 2 is 1.77 bits per heavy atom. The molecule has 0 saturated carbocycles. The Bertz CT molecular complexity index is 1380. The van der Waals surface area contributed by atoms with Crippen LogP contribution in [-0.2, 0) is 9.53 Å². The molecule has 0 bridgehead atoms. The first kappa shape index (κ1) is 40.3. The molecular weight excluding hydrogens is 608 g/mol. The van der Waals surface area contributed by atoms with E-state index in [0.717, 1.165) is 6.54 Å². The Labute approximate surface area is 308 Å². The molecule has 0 spiro atoms. The normalized spacial score (nSPS) is 11.6. The summed E-state index contributed by atoms with van der Waals surface area (Å²) in [4.78, 5) is 37.8. The molecule has 0 saturated heterocycles. The number of benzene rings is 1. The monoisotopic (exact) mass is 654 g/mol. The third-order valence-electron chi connectivity index (χ3n) is 5.45. The molecular formula is C31H47KN6O5S. The average Bonchev–Trinajstić information content (AvgIpc) is 3.20. The molecule has 3 aromatic rings. The van der Waals surface area contributed by atoms with Gasteiger partial charge in [-0.2, -0.15) is 9.97 Å². The van der Waals surface area contributed by atoms with Crippen LogP contribution in [0.25, 0.3) is 21.5 Å². The zero-order chi connectivity index (χ0) is 32.5. The summed E-state index contributed by atoms with van der Waals surface area (Å²) in [6.07, 6.45) is -0.147. The summed E-state index contributed by atoms with van der Waals surface area (Å²) in [6.45, 7) is 18.6. The molecule has 2 amide bonds. The van der Waals surface area contributed by atoms with E-state index in [9.17, 15) is 14.7 Å². The van der Waals surface area contributed by atoms with Gasteiger partial charge in [0.2, 0.25) is 5.91 Å². The summed E-state index contributed by atoms with van der Waals surface area (Å²) in [5.74, 6) is -0.404. The molecule has 0 aliphatic rings. The number of rotatable bonds is 11. The van der Waals surface area contributed by atoms with E-state index in [1.54, 1.807) is 27.9 Å². The Morgan fingerprint density at radius 1 is 1.14 bits per heavy atom. The molecule has 0 atom stereocenters. The number of hydrogen-bond acceptors (Lipinski definition) is 10. The first-order valence-electron chi connectivity index (χ1n) is 14.3. The van der Waals surface area contributed by atoms with E-state index in [-0.39, 0.29) is 81.9 Å². The van der Waals surface area contributed by atoms with Crippen molar-refractivity contribution in [3.05, 3.63) is 29.1 Å². The minimum Gasteiger partial charge on any atom is -0.850 e. The van der Waals surface area contributed by atoms with Gasteiger partial charge in [0.05, 0.1) is 36.0 Å². The number of ether oxygens (including phenoxy) is 2. The number of carbonyl (C=O) groups is 2. The summed E-state index contributed by atoms with van der Waals surface area (Å²) < 4.78 is 10.9. The smallest absolute Gasteiger partial charge is 0.850 e. The fourth-order valence-electron chi connectivity index (χ4n) is 3.76. The molecule has 238 valence electrons. The van der Waals surface area contributed by atoms with E-state index in [4.69, 9.17) is 15.2 Å². The van der Waals surface area contributed by atoms with Gasteiger partial charge in [-0.3, -0.25) is 14.5 Å². The number of nitrogens with two attached hydrogens (primary N) is 1. The Morgan fingerprint density at radius 3 is 2.32 bits per heavy atom. The molecule has 1 aromatic carbocycles. The van der Waals surface area contributed by atoms with Crippen molar-refractivity contribution in [2.45, 2.75) is 79.6 Å². The van der Waals surface area contributed by atoms with Crippen LogP contribution in [0, 0.1) is 0 Å².